The lowest BCUT2D eigenvalue weighted by Crippen LogP contribution is -2.43. The molecule has 28 heavy (non-hydrogen) atoms. The topological polar surface area (TPSA) is 102 Å². The van der Waals surface area contributed by atoms with Crippen LogP contribution in [0.5, 0.6) is 5.75 Å². The molecule has 0 atom stereocenters. The Morgan fingerprint density at radius 2 is 1.79 bits per heavy atom. The number of nitro benzene ring substituents is 1. The molecule has 4 rings (SSSR count). The van der Waals surface area contributed by atoms with Crippen molar-refractivity contribution >= 4 is 34.3 Å². The molecule has 0 saturated heterocycles. The predicted octanol–water partition coefficient (Wildman–Crippen LogP) is 2.64. The number of benzene rings is 2. The Bertz CT molecular complexity index is 1100. The molecule has 9 nitrogen and oxygen atoms in total. The Labute approximate surface area is 160 Å². The van der Waals surface area contributed by atoms with Gasteiger partial charge in [-0.25, -0.2) is 9.97 Å². The van der Waals surface area contributed by atoms with Crippen LogP contribution in [0.4, 0.5) is 17.3 Å². The summed E-state index contributed by atoms with van der Waals surface area (Å²) in [5.74, 6) is 0.771. The third kappa shape index (κ3) is 2.86. The van der Waals surface area contributed by atoms with Gasteiger partial charge in [0.1, 0.15) is 0 Å². The second-order valence-electron chi connectivity index (χ2n) is 6.38. The van der Waals surface area contributed by atoms with Crippen molar-refractivity contribution in [2.75, 3.05) is 37.0 Å². The van der Waals surface area contributed by atoms with Gasteiger partial charge in [-0.1, -0.05) is 12.1 Å². The third-order valence-corrected chi connectivity index (χ3v) is 4.68. The molecule has 1 amide bonds. The van der Waals surface area contributed by atoms with Crippen molar-refractivity contribution in [2.45, 2.75) is 0 Å². The fraction of sp³-hybridized carbons (Fsp3) is 0.211. The van der Waals surface area contributed by atoms with E-state index in [1.54, 1.807) is 0 Å². The van der Waals surface area contributed by atoms with E-state index in [9.17, 15) is 14.9 Å². The highest BCUT2D eigenvalue weighted by molar-refractivity contribution is 6.08. The van der Waals surface area contributed by atoms with Crippen LogP contribution in [0.15, 0.2) is 42.5 Å². The zero-order valence-corrected chi connectivity index (χ0v) is 15.3. The van der Waals surface area contributed by atoms with Crippen molar-refractivity contribution in [3.05, 3.63) is 58.1 Å². The third-order valence-electron chi connectivity index (χ3n) is 4.68. The van der Waals surface area contributed by atoms with Gasteiger partial charge < -0.3 is 9.64 Å². The van der Waals surface area contributed by atoms with Crippen LogP contribution in [-0.4, -0.2) is 48.0 Å². The van der Waals surface area contributed by atoms with Gasteiger partial charge in [0.05, 0.1) is 23.1 Å². The fourth-order valence-corrected chi connectivity index (χ4v) is 3.20. The molecule has 0 saturated carbocycles. The van der Waals surface area contributed by atoms with Gasteiger partial charge in [-0.15, -0.1) is 0 Å². The zero-order chi connectivity index (χ0) is 19.8. The maximum Gasteiger partial charge on any atom is 0.311 e. The first-order valence-corrected chi connectivity index (χ1v) is 8.62. The van der Waals surface area contributed by atoms with Crippen LogP contribution >= 0.6 is 0 Å². The Kier molecular flexibility index (Phi) is 4.26. The molecule has 1 aromatic heterocycles. The van der Waals surface area contributed by atoms with Gasteiger partial charge in [-0.05, 0) is 24.3 Å². The molecular formula is C19H17N5O4. The van der Waals surface area contributed by atoms with Crippen LogP contribution in [0.25, 0.3) is 11.0 Å². The molecule has 0 aliphatic carbocycles. The number of fused-ring (bicyclic) bond motifs is 2. The smallest absolute Gasteiger partial charge is 0.311 e. The molecule has 142 valence electrons. The molecule has 0 radical (unpaired) electrons. The average molecular weight is 379 g/mol. The van der Waals surface area contributed by atoms with Gasteiger partial charge in [0.15, 0.2) is 17.4 Å². The first kappa shape index (κ1) is 17.7. The second kappa shape index (κ2) is 6.76. The lowest BCUT2D eigenvalue weighted by atomic mass is 10.1. The van der Waals surface area contributed by atoms with Crippen molar-refractivity contribution in [3.8, 4) is 5.75 Å². The van der Waals surface area contributed by atoms with Crippen molar-refractivity contribution < 1.29 is 14.5 Å². The van der Waals surface area contributed by atoms with Crippen LogP contribution in [0.1, 0.15) is 10.4 Å². The Balaban J connectivity index is 1.79. The number of nitrogens with zero attached hydrogens (tertiary/aromatic N) is 5. The van der Waals surface area contributed by atoms with Gasteiger partial charge in [0, 0.05) is 31.8 Å². The molecule has 3 aromatic rings. The highest BCUT2D eigenvalue weighted by Gasteiger charge is 2.30. The lowest BCUT2D eigenvalue weighted by molar-refractivity contribution is -0.385. The average Bonchev–Trinajstić information content (AvgIpc) is 2.72. The van der Waals surface area contributed by atoms with Crippen molar-refractivity contribution in [1.82, 2.24) is 9.97 Å². The Hall–Kier alpha value is -3.75. The molecular weight excluding hydrogens is 362 g/mol. The van der Waals surface area contributed by atoms with E-state index in [0.717, 1.165) is 5.52 Å². The number of para-hydroxylation sites is 2. The van der Waals surface area contributed by atoms with E-state index in [0.29, 0.717) is 30.2 Å². The molecule has 0 bridgehead atoms. The molecule has 0 fully saturated rings. The van der Waals surface area contributed by atoms with Gasteiger partial charge in [0.2, 0.25) is 0 Å². The number of amides is 1. The minimum absolute atomic E-state index is 0.103. The second-order valence-corrected chi connectivity index (χ2v) is 6.38. The summed E-state index contributed by atoms with van der Waals surface area (Å²) in [5.41, 5.74) is 1.35. The highest BCUT2D eigenvalue weighted by atomic mass is 16.6. The first-order valence-electron chi connectivity index (χ1n) is 8.62. The van der Waals surface area contributed by atoms with Gasteiger partial charge in [-0.3, -0.25) is 19.8 Å². The number of methoxy groups -OCH3 is 1. The van der Waals surface area contributed by atoms with E-state index >= 15 is 0 Å². The first-order chi connectivity index (χ1) is 13.5. The number of aromatic nitrogens is 2. The van der Waals surface area contributed by atoms with E-state index in [4.69, 9.17) is 4.74 Å². The number of ether oxygens (including phenoxy) is 1. The number of anilines is 2. The molecule has 0 N–H and O–H groups in total. The standard InChI is InChI=1S/C19H17N5O4/c1-22-9-10-23(18-17(22)20-13-5-3-4-6-14(13)21-18)19(25)12-7-8-16(28-2)15(11-12)24(26)27/h3-8,11H,9-10H2,1-2H3. The van der Waals surface area contributed by atoms with Crippen molar-refractivity contribution in [2.24, 2.45) is 0 Å². The van der Waals surface area contributed by atoms with Crippen LogP contribution in [0, 0.1) is 10.1 Å². The number of hydrogen-bond acceptors (Lipinski definition) is 7. The van der Waals surface area contributed by atoms with Crippen LogP contribution in [-0.2, 0) is 0 Å². The van der Waals surface area contributed by atoms with Crippen molar-refractivity contribution in [1.29, 1.82) is 0 Å². The normalized spacial score (nSPS) is 13.4. The molecule has 1 aliphatic heterocycles. The quantitative estimate of drug-likeness (QED) is 0.509. The number of hydrogen-bond donors (Lipinski definition) is 0. The van der Waals surface area contributed by atoms with E-state index in [1.807, 2.05) is 36.2 Å². The summed E-state index contributed by atoms with van der Waals surface area (Å²) in [5, 5.41) is 11.3. The summed E-state index contributed by atoms with van der Waals surface area (Å²) >= 11 is 0. The highest BCUT2D eigenvalue weighted by Crippen LogP contribution is 2.33. The molecule has 1 aliphatic rings. The summed E-state index contributed by atoms with van der Waals surface area (Å²) in [6.45, 7) is 0.971. The van der Waals surface area contributed by atoms with Crippen molar-refractivity contribution in [3.63, 3.8) is 0 Å². The number of carbonyl (C=O) groups excluding carboxylic acids is 1. The Morgan fingerprint density at radius 3 is 2.43 bits per heavy atom. The summed E-state index contributed by atoms with van der Waals surface area (Å²) in [4.78, 5) is 36.6. The van der Waals surface area contributed by atoms with Gasteiger partial charge in [0.25, 0.3) is 5.91 Å². The van der Waals surface area contributed by atoms with Gasteiger partial charge in [-0.2, -0.15) is 0 Å². The van der Waals surface area contributed by atoms with Crippen LogP contribution < -0.4 is 14.5 Å². The molecule has 2 aromatic carbocycles. The van der Waals surface area contributed by atoms with E-state index in [-0.39, 0.29) is 22.9 Å². The largest absolute Gasteiger partial charge is 0.490 e. The number of carbonyl (C=O) groups is 1. The minimum Gasteiger partial charge on any atom is -0.490 e. The Morgan fingerprint density at radius 1 is 1.11 bits per heavy atom. The molecule has 0 spiro atoms. The fourth-order valence-electron chi connectivity index (χ4n) is 3.20. The van der Waals surface area contributed by atoms with E-state index < -0.39 is 4.92 Å². The van der Waals surface area contributed by atoms with E-state index in [1.165, 1.54) is 30.2 Å². The molecule has 2 heterocycles. The lowest BCUT2D eigenvalue weighted by Gasteiger charge is -2.33. The van der Waals surface area contributed by atoms with Crippen LogP contribution in [0.2, 0.25) is 0 Å². The zero-order valence-electron chi connectivity index (χ0n) is 15.3. The van der Waals surface area contributed by atoms with E-state index in [2.05, 4.69) is 9.97 Å². The van der Waals surface area contributed by atoms with Gasteiger partial charge >= 0.3 is 5.69 Å². The predicted molar refractivity (Wildman–Crippen MR) is 104 cm³/mol. The molecule has 9 heteroatoms. The summed E-state index contributed by atoms with van der Waals surface area (Å²) in [6.07, 6.45) is 0. The minimum atomic E-state index is -0.569. The maximum atomic E-state index is 13.2. The summed E-state index contributed by atoms with van der Waals surface area (Å²) in [6, 6.07) is 11.6. The maximum absolute atomic E-state index is 13.2. The SMILES string of the molecule is COc1ccc(C(=O)N2CCN(C)c3nc4ccccc4nc32)cc1[N+](=O)[O-]. The summed E-state index contributed by atoms with van der Waals surface area (Å²) in [7, 11) is 3.24. The monoisotopic (exact) mass is 379 g/mol. The number of rotatable bonds is 3. The number of likely N-dealkylation sites (N-methyl/N-ethyl adjacent to an activating group) is 1. The summed E-state index contributed by atoms with van der Waals surface area (Å²) < 4.78 is 5.01. The van der Waals surface area contributed by atoms with Crippen LogP contribution in [0.3, 0.4) is 0 Å². The molecule has 0 unspecified atom stereocenters. The number of nitro groups is 1.